The summed E-state index contributed by atoms with van der Waals surface area (Å²) in [6, 6.07) is 3.11. The number of anilines is 1. The molecule has 6 nitrogen and oxygen atoms in total. The van der Waals surface area contributed by atoms with Crippen LogP contribution in [0.5, 0.6) is 0 Å². The molecule has 0 aromatic carbocycles. The SMILES string of the molecule is CNc1cc(S(=O)(=O)N2CCN(C)C(C)(C)C2)ccn1. The zero-order valence-corrected chi connectivity index (χ0v) is 13.2. The van der Waals surface area contributed by atoms with Crippen molar-refractivity contribution >= 4 is 15.8 Å². The van der Waals surface area contributed by atoms with Crippen molar-refractivity contribution in [1.29, 1.82) is 0 Å². The molecular formula is C13H22N4O2S. The molecule has 1 aliphatic rings. The number of hydrogen-bond acceptors (Lipinski definition) is 5. The molecule has 1 N–H and O–H groups in total. The summed E-state index contributed by atoms with van der Waals surface area (Å²) in [5.41, 5.74) is -0.163. The van der Waals surface area contributed by atoms with E-state index in [9.17, 15) is 8.42 Å². The minimum atomic E-state index is -3.46. The molecule has 0 saturated carbocycles. The minimum Gasteiger partial charge on any atom is -0.373 e. The zero-order valence-electron chi connectivity index (χ0n) is 12.4. The topological polar surface area (TPSA) is 65.5 Å². The van der Waals surface area contributed by atoms with E-state index in [1.807, 2.05) is 7.05 Å². The van der Waals surface area contributed by atoms with E-state index in [-0.39, 0.29) is 10.4 Å². The summed E-state index contributed by atoms with van der Waals surface area (Å²) in [4.78, 5) is 6.53. The van der Waals surface area contributed by atoms with E-state index in [4.69, 9.17) is 0 Å². The van der Waals surface area contributed by atoms with Crippen LogP contribution in [0.3, 0.4) is 0 Å². The lowest BCUT2D eigenvalue weighted by molar-refractivity contribution is 0.0801. The Morgan fingerprint density at radius 3 is 2.65 bits per heavy atom. The number of nitrogens with one attached hydrogen (secondary N) is 1. The van der Waals surface area contributed by atoms with Crippen molar-refractivity contribution in [3.63, 3.8) is 0 Å². The van der Waals surface area contributed by atoms with Crippen LogP contribution in [0.1, 0.15) is 13.8 Å². The van der Waals surface area contributed by atoms with Gasteiger partial charge in [-0.05, 0) is 27.0 Å². The van der Waals surface area contributed by atoms with Gasteiger partial charge >= 0.3 is 0 Å². The van der Waals surface area contributed by atoms with E-state index in [1.54, 1.807) is 23.5 Å². The van der Waals surface area contributed by atoms with Crippen LogP contribution < -0.4 is 5.32 Å². The summed E-state index contributed by atoms with van der Waals surface area (Å²) in [7, 11) is 0.281. The molecule has 0 amide bonds. The maximum atomic E-state index is 12.7. The first-order valence-electron chi connectivity index (χ1n) is 6.62. The Bertz CT molecular complexity index is 586. The molecule has 0 bridgehead atoms. The summed E-state index contributed by atoms with van der Waals surface area (Å²) >= 11 is 0. The Labute approximate surface area is 120 Å². The van der Waals surface area contributed by atoms with Crippen LogP contribution in [0.25, 0.3) is 0 Å². The monoisotopic (exact) mass is 298 g/mol. The van der Waals surface area contributed by atoms with Crippen molar-refractivity contribution < 1.29 is 8.42 Å². The molecule has 0 unspecified atom stereocenters. The lowest BCUT2D eigenvalue weighted by Crippen LogP contribution is -2.58. The Hall–Kier alpha value is -1.18. The van der Waals surface area contributed by atoms with Crippen LogP contribution in [0.4, 0.5) is 5.82 Å². The summed E-state index contributed by atoms with van der Waals surface area (Å²) < 4.78 is 27.0. The number of piperazine rings is 1. The van der Waals surface area contributed by atoms with Gasteiger partial charge in [0.15, 0.2) is 0 Å². The fraction of sp³-hybridized carbons (Fsp3) is 0.615. The van der Waals surface area contributed by atoms with E-state index in [0.29, 0.717) is 18.9 Å². The second kappa shape index (κ2) is 5.31. The van der Waals surface area contributed by atoms with Gasteiger partial charge in [-0.15, -0.1) is 0 Å². The van der Waals surface area contributed by atoms with Gasteiger partial charge in [-0.1, -0.05) is 0 Å². The third-order valence-electron chi connectivity index (χ3n) is 3.91. The second-order valence-corrected chi connectivity index (χ2v) is 7.64. The molecule has 1 aliphatic heterocycles. The Morgan fingerprint density at radius 2 is 2.05 bits per heavy atom. The number of likely N-dealkylation sites (N-methyl/N-ethyl adjacent to an activating group) is 1. The van der Waals surface area contributed by atoms with Crippen molar-refractivity contribution in [2.24, 2.45) is 0 Å². The summed E-state index contributed by atoms with van der Waals surface area (Å²) in [5, 5.41) is 2.86. The average molecular weight is 298 g/mol. The van der Waals surface area contributed by atoms with Crippen molar-refractivity contribution in [3.8, 4) is 0 Å². The third-order valence-corrected chi connectivity index (χ3v) is 5.75. The number of rotatable bonds is 3. The first-order valence-corrected chi connectivity index (χ1v) is 8.06. The van der Waals surface area contributed by atoms with Gasteiger partial charge in [0.2, 0.25) is 10.0 Å². The average Bonchev–Trinajstić information content (AvgIpc) is 2.41. The first kappa shape index (κ1) is 15.2. The van der Waals surface area contributed by atoms with E-state index in [2.05, 4.69) is 29.0 Å². The Kier molecular flexibility index (Phi) is 4.04. The molecular weight excluding hydrogens is 276 g/mol. The van der Waals surface area contributed by atoms with Crippen LogP contribution in [0.15, 0.2) is 23.2 Å². The molecule has 1 fully saturated rings. The van der Waals surface area contributed by atoms with Crippen molar-refractivity contribution in [2.75, 3.05) is 39.0 Å². The molecule has 0 aliphatic carbocycles. The molecule has 1 aromatic rings. The highest BCUT2D eigenvalue weighted by molar-refractivity contribution is 7.89. The van der Waals surface area contributed by atoms with Crippen LogP contribution in [0, 0.1) is 0 Å². The maximum Gasteiger partial charge on any atom is 0.243 e. The predicted molar refractivity (Wildman–Crippen MR) is 79.3 cm³/mol. The third kappa shape index (κ3) is 2.79. The van der Waals surface area contributed by atoms with Crippen molar-refractivity contribution in [3.05, 3.63) is 18.3 Å². The summed E-state index contributed by atoms with van der Waals surface area (Å²) in [6.45, 7) is 5.85. The predicted octanol–water partition coefficient (Wildman–Crippen LogP) is 0.838. The van der Waals surface area contributed by atoms with Crippen LogP contribution in [-0.4, -0.2) is 61.9 Å². The minimum absolute atomic E-state index is 0.163. The fourth-order valence-corrected chi connectivity index (χ4v) is 3.86. The molecule has 0 radical (unpaired) electrons. The normalized spacial score (nSPS) is 20.8. The summed E-state index contributed by atoms with van der Waals surface area (Å²) in [6.07, 6.45) is 1.51. The van der Waals surface area contributed by atoms with E-state index >= 15 is 0 Å². The lowest BCUT2D eigenvalue weighted by Gasteiger charge is -2.44. The maximum absolute atomic E-state index is 12.7. The van der Waals surface area contributed by atoms with E-state index < -0.39 is 10.0 Å². The molecule has 1 aromatic heterocycles. The molecule has 20 heavy (non-hydrogen) atoms. The molecule has 0 atom stereocenters. The fourth-order valence-electron chi connectivity index (χ4n) is 2.26. The highest BCUT2D eigenvalue weighted by atomic mass is 32.2. The van der Waals surface area contributed by atoms with Crippen LogP contribution in [-0.2, 0) is 10.0 Å². The van der Waals surface area contributed by atoms with Crippen LogP contribution >= 0.6 is 0 Å². The molecule has 2 rings (SSSR count). The summed E-state index contributed by atoms with van der Waals surface area (Å²) in [5.74, 6) is 0.555. The highest BCUT2D eigenvalue weighted by Crippen LogP contribution is 2.25. The van der Waals surface area contributed by atoms with Gasteiger partial charge in [0.1, 0.15) is 5.82 Å². The molecule has 7 heteroatoms. The molecule has 2 heterocycles. The van der Waals surface area contributed by atoms with Gasteiger partial charge in [-0.25, -0.2) is 13.4 Å². The van der Waals surface area contributed by atoms with Gasteiger partial charge in [-0.2, -0.15) is 4.31 Å². The van der Waals surface area contributed by atoms with Gasteiger partial charge in [0, 0.05) is 44.5 Å². The zero-order chi connectivity index (χ0) is 15.0. The highest BCUT2D eigenvalue weighted by Gasteiger charge is 2.37. The number of aromatic nitrogens is 1. The van der Waals surface area contributed by atoms with Gasteiger partial charge in [0.05, 0.1) is 4.90 Å². The first-order chi connectivity index (χ1) is 9.27. The van der Waals surface area contributed by atoms with Crippen molar-refractivity contribution in [2.45, 2.75) is 24.3 Å². The van der Waals surface area contributed by atoms with Gasteiger partial charge in [-0.3, -0.25) is 4.90 Å². The standard InChI is InChI=1S/C13H22N4O2S/c1-13(2)10-17(8-7-16(13)4)20(18,19)11-5-6-15-12(9-11)14-3/h5-6,9H,7-8,10H2,1-4H3,(H,14,15). The van der Waals surface area contributed by atoms with Gasteiger partial charge in [0.25, 0.3) is 0 Å². The quantitative estimate of drug-likeness (QED) is 0.896. The van der Waals surface area contributed by atoms with Crippen molar-refractivity contribution in [1.82, 2.24) is 14.2 Å². The van der Waals surface area contributed by atoms with Crippen LogP contribution in [0.2, 0.25) is 0 Å². The van der Waals surface area contributed by atoms with E-state index in [1.165, 1.54) is 6.20 Å². The molecule has 1 saturated heterocycles. The number of pyridine rings is 1. The largest absolute Gasteiger partial charge is 0.373 e. The number of hydrogen-bond donors (Lipinski definition) is 1. The van der Waals surface area contributed by atoms with E-state index in [0.717, 1.165) is 6.54 Å². The number of sulfonamides is 1. The molecule has 0 spiro atoms. The smallest absolute Gasteiger partial charge is 0.243 e. The lowest BCUT2D eigenvalue weighted by atomic mass is 10.0. The number of nitrogens with zero attached hydrogens (tertiary/aromatic N) is 3. The second-order valence-electron chi connectivity index (χ2n) is 5.70. The van der Waals surface area contributed by atoms with Gasteiger partial charge < -0.3 is 5.32 Å². The Morgan fingerprint density at radius 1 is 1.35 bits per heavy atom. The molecule has 112 valence electrons. The Balaban J connectivity index is 2.31.